The van der Waals surface area contributed by atoms with Crippen molar-refractivity contribution in [2.75, 3.05) is 11.9 Å². The van der Waals surface area contributed by atoms with Crippen molar-refractivity contribution in [3.05, 3.63) is 30.3 Å². The van der Waals surface area contributed by atoms with Crippen molar-refractivity contribution in [2.45, 2.75) is 20.3 Å². The third kappa shape index (κ3) is 2.03. The topological polar surface area (TPSA) is 12.0 Å². The second kappa shape index (κ2) is 3.06. The normalized spacial score (nSPS) is 24.0. The van der Waals surface area contributed by atoms with Crippen LogP contribution in [0.3, 0.4) is 0 Å². The first kappa shape index (κ1) is 8.61. The summed E-state index contributed by atoms with van der Waals surface area (Å²) in [7, 11) is 0. The van der Waals surface area contributed by atoms with Crippen molar-refractivity contribution in [3.63, 3.8) is 0 Å². The molecule has 1 aromatic carbocycles. The first-order valence-corrected chi connectivity index (χ1v) is 4.97. The Balaban J connectivity index is 1.82. The fraction of sp³-hybridized carbons (Fsp3) is 0.500. The van der Waals surface area contributed by atoms with E-state index in [0.29, 0.717) is 5.41 Å². The molecule has 1 atom stereocenters. The summed E-state index contributed by atoms with van der Waals surface area (Å²) in [5.74, 6) is 0.868. The van der Waals surface area contributed by atoms with Crippen LogP contribution in [0.4, 0.5) is 5.69 Å². The molecule has 0 amide bonds. The lowest BCUT2D eigenvalue weighted by molar-refractivity contribution is 0.573. The number of hydrogen-bond acceptors (Lipinski definition) is 1. The Hall–Kier alpha value is -0.980. The summed E-state index contributed by atoms with van der Waals surface area (Å²) in [4.78, 5) is 0. The lowest BCUT2D eigenvalue weighted by Gasteiger charge is -2.06. The van der Waals surface area contributed by atoms with Gasteiger partial charge >= 0.3 is 0 Å². The molecule has 0 aliphatic heterocycles. The molecule has 0 heterocycles. The molecule has 1 nitrogen and oxygen atoms in total. The molecule has 0 radical (unpaired) electrons. The van der Waals surface area contributed by atoms with Gasteiger partial charge in [0.25, 0.3) is 0 Å². The van der Waals surface area contributed by atoms with E-state index in [1.54, 1.807) is 0 Å². The van der Waals surface area contributed by atoms with Crippen molar-refractivity contribution in [3.8, 4) is 0 Å². The van der Waals surface area contributed by atoms with Crippen LogP contribution in [0.15, 0.2) is 30.3 Å². The van der Waals surface area contributed by atoms with Gasteiger partial charge in [0.05, 0.1) is 0 Å². The summed E-state index contributed by atoms with van der Waals surface area (Å²) >= 11 is 0. The Morgan fingerprint density at radius 2 is 1.92 bits per heavy atom. The molecule has 1 saturated carbocycles. The second-order valence-corrected chi connectivity index (χ2v) is 4.64. The van der Waals surface area contributed by atoms with Gasteiger partial charge in [-0.1, -0.05) is 32.0 Å². The van der Waals surface area contributed by atoms with Gasteiger partial charge in [0, 0.05) is 12.2 Å². The Kier molecular flexibility index (Phi) is 2.03. The Morgan fingerprint density at radius 1 is 1.31 bits per heavy atom. The van der Waals surface area contributed by atoms with Crippen molar-refractivity contribution < 1.29 is 0 Å². The van der Waals surface area contributed by atoms with Crippen LogP contribution >= 0.6 is 0 Å². The molecule has 1 N–H and O–H groups in total. The predicted octanol–water partition coefficient (Wildman–Crippen LogP) is 3.14. The lowest BCUT2D eigenvalue weighted by Crippen LogP contribution is -2.06. The largest absolute Gasteiger partial charge is 0.385 e. The summed E-state index contributed by atoms with van der Waals surface area (Å²) in [6.45, 7) is 5.80. The van der Waals surface area contributed by atoms with E-state index in [2.05, 4.69) is 43.4 Å². The highest BCUT2D eigenvalue weighted by Crippen LogP contribution is 2.51. The molecule has 0 aromatic heterocycles. The fourth-order valence-electron chi connectivity index (χ4n) is 1.72. The molecule has 1 heteroatoms. The van der Waals surface area contributed by atoms with E-state index < -0.39 is 0 Å². The summed E-state index contributed by atoms with van der Waals surface area (Å²) in [5, 5.41) is 3.46. The van der Waals surface area contributed by atoms with Crippen molar-refractivity contribution >= 4 is 5.69 Å². The number of para-hydroxylation sites is 1. The predicted molar refractivity (Wildman–Crippen MR) is 56.8 cm³/mol. The molecular formula is C12H17N. The smallest absolute Gasteiger partial charge is 0.0340 e. The molecule has 0 bridgehead atoms. The molecule has 1 aromatic rings. The van der Waals surface area contributed by atoms with E-state index in [1.807, 2.05) is 6.07 Å². The van der Waals surface area contributed by atoms with Gasteiger partial charge < -0.3 is 5.32 Å². The zero-order valence-electron chi connectivity index (χ0n) is 8.38. The van der Waals surface area contributed by atoms with Crippen LogP contribution in [0.25, 0.3) is 0 Å². The summed E-state index contributed by atoms with van der Waals surface area (Å²) in [6.07, 6.45) is 1.37. The minimum absolute atomic E-state index is 0.585. The van der Waals surface area contributed by atoms with Gasteiger partial charge in [-0.25, -0.2) is 0 Å². The average Bonchev–Trinajstić information content (AvgIpc) is 2.73. The molecule has 13 heavy (non-hydrogen) atoms. The van der Waals surface area contributed by atoms with E-state index in [-0.39, 0.29) is 0 Å². The van der Waals surface area contributed by atoms with E-state index in [1.165, 1.54) is 12.1 Å². The van der Waals surface area contributed by atoms with Gasteiger partial charge in [-0.2, -0.15) is 0 Å². The van der Waals surface area contributed by atoms with Crippen LogP contribution in [0.5, 0.6) is 0 Å². The van der Waals surface area contributed by atoms with Crippen LogP contribution in [0.1, 0.15) is 20.3 Å². The van der Waals surface area contributed by atoms with Crippen LogP contribution in [0.2, 0.25) is 0 Å². The van der Waals surface area contributed by atoms with Gasteiger partial charge in [0.2, 0.25) is 0 Å². The van der Waals surface area contributed by atoms with Crippen LogP contribution in [0, 0.1) is 11.3 Å². The van der Waals surface area contributed by atoms with Crippen molar-refractivity contribution in [2.24, 2.45) is 11.3 Å². The number of rotatable bonds is 3. The average molecular weight is 175 g/mol. The number of anilines is 1. The third-order valence-corrected chi connectivity index (χ3v) is 3.04. The molecule has 0 saturated heterocycles. The highest BCUT2D eigenvalue weighted by molar-refractivity contribution is 5.42. The monoisotopic (exact) mass is 175 g/mol. The maximum Gasteiger partial charge on any atom is 0.0340 e. The van der Waals surface area contributed by atoms with Crippen molar-refractivity contribution in [1.82, 2.24) is 0 Å². The fourth-order valence-corrected chi connectivity index (χ4v) is 1.72. The number of benzene rings is 1. The first-order chi connectivity index (χ1) is 6.18. The van der Waals surface area contributed by atoms with E-state index in [9.17, 15) is 0 Å². The molecule has 70 valence electrons. The SMILES string of the molecule is CC1(C)CC1CNc1ccccc1. The van der Waals surface area contributed by atoms with E-state index in [0.717, 1.165) is 12.5 Å². The third-order valence-electron chi connectivity index (χ3n) is 3.04. The Bertz CT molecular complexity index is 276. The Labute approximate surface area is 80.2 Å². The maximum atomic E-state index is 3.46. The molecule has 1 aliphatic carbocycles. The maximum absolute atomic E-state index is 3.46. The molecular weight excluding hydrogens is 158 g/mol. The van der Waals surface area contributed by atoms with E-state index >= 15 is 0 Å². The van der Waals surface area contributed by atoms with Gasteiger partial charge in [0.1, 0.15) is 0 Å². The Morgan fingerprint density at radius 3 is 2.46 bits per heavy atom. The molecule has 2 rings (SSSR count). The van der Waals surface area contributed by atoms with Crippen LogP contribution in [-0.4, -0.2) is 6.54 Å². The highest BCUT2D eigenvalue weighted by atomic mass is 14.9. The van der Waals surface area contributed by atoms with Gasteiger partial charge in [-0.05, 0) is 29.9 Å². The van der Waals surface area contributed by atoms with E-state index in [4.69, 9.17) is 0 Å². The minimum Gasteiger partial charge on any atom is -0.385 e. The standard InChI is InChI=1S/C12H17N/c1-12(2)8-10(12)9-13-11-6-4-3-5-7-11/h3-7,10,13H,8-9H2,1-2H3. The number of nitrogens with one attached hydrogen (secondary N) is 1. The molecule has 1 fully saturated rings. The summed E-state index contributed by atoms with van der Waals surface area (Å²) < 4.78 is 0. The highest BCUT2D eigenvalue weighted by Gasteiger charge is 2.44. The first-order valence-electron chi connectivity index (χ1n) is 4.97. The van der Waals surface area contributed by atoms with Crippen LogP contribution in [-0.2, 0) is 0 Å². The number of hydrogen-bond donors (Lipinski definition) is 1. The molecule has 1 aliphatic rings. The zero-order valence-corrected chi connectivity index (χ0v) is 8.38. The molecule has 0 spiro atoms. The van der Waals surface area contributed by atoms with Crippen LogP contribution < -0.4 is 5.32 Å². The minimum atomic E-state index is 0.585. The lowest BCUT2D eigenvalue weighted by atomic mass is 10.1. The zero-order chi connectivity index (χ0) is 9.31. The van der Waals surface area contributed by atoms with Gasteiger partial charge in [-0.15, -0.1) is 0 Å². The quantitative estimate of drug-likeness (QED) is 0.744. The second-order valence-electron chi connectivity index (χ2n) is 4.64. The summed E-state index contributed by atoms with van der Waals surface area (Å²) in [6, 6.07) is 10.4. The summed E-state index contributed by atoms with van der Waals surface area (Å²) in [5.41, 5.74) is 1.83. The van der Waals surface area contributed by atoms with Gasteiger partial charge in [-0.3, -0.25) is 0 Å². The molecule has 1 unspecified atom stereocenters. The van der Waals surface area contributed by atoms with Crippen molar-refractivity contribution in [1.29, 1.82) is 0 Å². The van der Waals surface area contributed by atoms with Gasteiger partial charge in [0.15, 0.2) is 0 Å².